The molecule has 0 atom stereocenters. The van der Waals surface area contributed by atoms with Crippen molar-refractivity contribution in [3.8, 4) is 34.5 Å². The molecule has 51 heavy (non-hydrogen) atoms. The van der Waals surface area contributed by atoms with E-state index in [1.807, 2.05) is 0 Å². The number of carbonyl (C=O) groups is 2. The van der Waals surface area contributed by atoms with Crippen molar-refractivity contribution >= 4 is 11.9 Å². The molecule has 2 aromatic rings. The van der Waals surface area contributed by atoms with Crippen molar-refractivity contribution in [3.63, 3.8) is 0 Å². The number of hydrogen-bond donors (Lipinski definition) is 2. The van der Waals surface area contributed by atoms with E-state index in [2.05, 4.69) is 13.8 Å². The van der Waals surface area contributed by atoms with Crippen LogP contribution in [0.5, 0.6) is 34.5 Å². The molecule has 10 nitrogen and oxygen atoms in total. The van der Waals surface area contributed by atoms with Crippen molar-refractivity contribution in [1.82, 2.24) is 0 Å². The Morgan fingerprint density at radius 3 is 1.04 bits per heavy atom. The molecule has 0 aromatic heterocycles. The van der Waals surface area contributed by atoms with E-state index in [0.717, 1.165) is 50.7 Å². The van der Waals surface area contributed by atoms with Crippen LogP contribution in [0.4, 0.5) is 0 Å². The maximum atomic E-state index is 11.8. The van der Waals surface area contributed by atoms with Crippen LogP contribution in [0.1, 0.15) is 163 Å². The maximum absolute atomic E-state index is 11.8. The Labute approximate surface area is 319 Å². The third-order valence-electron chi connectivity index (χ3n) is 8.49. The standard InChI is InChI=1S/2C20H32O5.Zn/c2*1-3-4-5-6-7-8-9-10-11-12-13-25-18-15-16(24-2)14-17(21)19(18)20(22)23;/h2*14-15,21H,3-13H2,1-2H3,(H,22,23);/q;;+2/p-2. The fourth-order valence-electron chi connectivity index (χ4n) is 5.56. The van der Waals surface area contributed by atoms with Crippen molar-refractivity contribution < 1.29 is 68.4 Å². The van der Waals surface area contributed by atoms with Crippen molar-refractivity contribution in [1.29, 1.82) is 0 Å². The first kappa shape index (κ1) is 47.8. The molecular formula is C40H62O10Zn. The van der Waals surface area contributed by atoms with Gasteiger partial charge in [-0.2, -0.15) is 0 Å². The number of ether oxygens (including phenoxy) is 4. The van der Waals surface area contributed by atoms with E-state index >= 15 is 0 Å². The molecule has 0 heterocycles. The molecule has 11 heteroatoms. The van der Waals surface area contributed by atoms with Crippen LogP contribution >= 0.6 is 0 Å². The number of methoxy groups -OCH3 is 2. The summed E-state index contributed by atoms with van der Waals surface area (Å²) in [7, 11) is 2.86. The maximum Gasteiger partial charge on any atom is 2.00 e. The summed E-state index contributed by atoms with van der Waals surface area (Å²) in [5.74, 6) is -2.92. The van der Waals surface area contributed by atoms with Crippen LogP contribution < -0.4 is 29.2 Å². The zero-order chi connectivity index (χ0) is 37.0. The Bertz CT molecular complexity index is 1130. The molecule has 0 bridgehead atoms. The minimum Gasteiger partial charge on any atom is -0.872 e. The van der Waals surface area contributed by atoms with Gasteiger partial charge in [-0.15, -0.1) is 0 Å². The molecule has 2 rings (SSSR count). The van der Waals surface area contributed by atoms with Crippen molar-refractivity contribution in [2.75, 3.05) is 27.4 Å². The van der Waals surface area contributed by atoms with Gasteiger partial charge in [0.1, 0.15) is 23.0 Å². The second-order valence-electron chi connectivity index (χ2n) is 12.7. The Balaban J connectivity index is 0.000000962. The van der Waals surface area contributed by atoms with Gasteiger partial charge in [0.2, 0.25) is 0 Å². The van der Waals surface area contributed by atoms with E-state index < -0.39 is 23.4 Å². The van der Waals surface area contributed by atoms with Gasteiger partial charge in [0.05, 0.1) is 38.6 Å². The van der Waals surface area contributed by atoms with E-state index in [1.165, 1.54) is 116 Å². The van der Waals surface area contributed by atoms with Crippen molar-refractivity contribution in [3.05, 3.63) is 35.4 Å². The molecule has 0 aliphatic heterocycles. The monoisotopic (exact) mass is 766 g/mol. The molecule has 2 aromatic carbocycles. The Morgan fingerprint density at radius 1 is 0.510 bits per heavy atom. The molecule has 0 aliphatic carbocycles. The minimum atomic E-state index is -1.27. The number of carboxylic acid groups (broad SMARTS) is 2. The van der Waals surface area contributed by atoms with Gasteiger partial charge in [-0.1, -0.05) is 141 Å². The first-order valence-electron chi connectivity index (χ1n) is 18.7. The predicted molar refractivity (Wildman–Crippen MR) is 193 cm³/mol. The predicted octanol–water partition coefficient (Wildman–Crippen LogP) is 9.53. The number of aromatic carboxylic acids is 2. The minimum absolute atomic E-state index is 0. The van der Waals surface area contributed by atoms with Gasteiger partial charge in [0, 0.05) is 12.1 Å². The first-order valence-corrected chi connectivity index (χ1v) is 18.7. The first-order chi connectivity index (χ1) is 24.2. The van der Waals surface area contributed by atoms with Crippen LogP contribution in [-0.2, 0) is 19.5 Å². The SMILES string of the molecule is CCCCCCCCCCCCOc1cc(OC)cc([O-])c1C(=O)O.CCCCCCCCCCCCOc1cc(OC)cc([O-])c1C(=O)O.[Zn+2]. The number of carboxylic acids is 2. The van der Waals surface area contributed by atoms with Crippen LogP contribution in [0.25, 0.3) is 0 Å². The molecule has 0 unspecified atom stereocenters. The molecule has 0 radical (unpaired) electrons. The number of rotatable bonds is 28. The van der Waals surface area contributed by atoms with Gasteiger partial charge in [-0.25, -0.2) is 9.59 Å². The molecule has 0 spiro atoms. The molecule has 0 saturated heterocycles. The van der Waals surface area contributed by atoms with Gasteiger partial charge in [-0.05, 0) is 25.0 Å². The molecule has 0 amide bonds. The van der Waals surface area contributed by atoms with E-state index in [1.54, 1.807) is 0 Å². The summed E-state index contributed by atoms with van der Waals surface area (Å²) >= 11 is 0. The largest absolute Gasteiger partial charge is 2.00 e. The normalized spacial score (nSPS) is 10.4. The fourth-order valence-corrected chi connectivity index (χ4v) is 5.56. The van der Waals surface area contributed by atoms with Crippen LogP contribution in [0.15, 0.2) is 24.3 Å². The summed E-state index contributed by atoms with van der Waals surface area (Å²) in [6.07, 6.45) is 24.4. The van der Waals surface area contributed by atoms with E-state index in [4.69, 9.17) is 29.2 Å². The fraction of sp³-hybridized carbons (Fsp3) is 0.650. The Kier molecular flexibility index (Phi) is 28.5. The second kappa shape index (κ2) is 30.4. The van der Waals surface area contributed by atoms with Gasteiger partial charge < -0.3 is 39.4 Å². The zero-order valence-electron chi connectivity index (χ0n) is 31.7. The van der Waals surface area contributed by atoms with Crippen molar-refractivity contribution in [2.24, 2.45) is 0 Å². The van der Waals surface area contributed by atoms with E-state index in [9.17, 15) is 19.8 Å². The van der Waals surface area contributed by atoms with Gasteiger partial charge >= 0.3 is 31.4 Å². The summed E-state index contributed by atoms with van der Waals surface area (Å²) < 4.78 is 21.1. The van der Waals surface area contributed by atoms with Crippen LogP contribution in [0, 0.1) is 0 Å². The summed E-state index contributed by atoms with van der Waals surface area (Å²) in [4.78, 5) is 22.4. The van der Waals surface area contributed by atoms with E-state index in [0.29, 0.717) is 24.7 Å². The van der Waals surface area contributed by atoms with Gasteiger partial charge in [0.25, 0.3) is 0 Å². The topological polar surface area (TPSA) is 158 Å². The zero-order valence-corrected chi connectivity index (χ0v) is 34.7. The van der Waals surface area contributed by atoms with Crippen molar-refractivity contribution in [2.45, 2.75) is 142 Å². The molecule has 2 N–H and O–H groups in total. The number of hydrogen-bond acceptors (Lipinski definition) is 8. The third-order valence-corrected chi connectivity index (χ3v) is 8.49. The Hall–Kier alpha value is -3.20. The molecule has 284 valence electrons. The van der Waals surface area contributed by atoms with Crippen LogP contribution in [-0.4, -0.2) is 49.6 Å². The molecular weight excluding hydrogens is 706 g/mol. The van der Waals surface area contributed by atoms with E-state index in [-0.39, 0.29) is 42.1 Å². The summed E-state index contributed by atoms with van der Waals surface area (Å²) in [6, 6.07) is 5.25. The van der Waals surface area contributed by atoms with Crippen LogP contribution in [0.3, 0.4) is 0 Å². The number of unbranched alkanes of at least 4 members (excludes halogenated alkanes) is 18. The molecule has 0 saturated carbocycles. The second-order valence-corrected chi connectivity index (χ2v) is 12.7. The smallest absolute Gasteiger partial charge is 0.872 e. The summed E-state index contributed by atoms with van der Waals surface area (Å²) in [5, 5.41) is 42.0. The summed E-state index contributed by atoms with van der Waals surface area (Å²) in [6.45, 7) is 5.27. The van der Waals surface area contributed by atoms with Gasteiger partial charge in [-0.3, -0.25) is 0 Å². The van der Waals surface area contributed by atoms with Gasteiger partial charge in [0.15, 0.2) is 0 Å². The third kappa shape index (κ3) is 21.1. The van der Waals surface area contributed by atoms with Crippen LogP contribution in [0.2, 0.25) is 0 Å². The quantitative estimate of drug-likeness (QED) is 0.0631. The average Bonchev–Trinajstić information content (AvgIpc) is 3.08. The Morgan fingerprint density at radius 2 is 0.784 bits per heavy atom. The molecule has 0 aliphatic rings. The number of benzene rings is 2. The molecule has 0 fully saturated rings. The average molecular weight is 768 g/mol. The summed E-state index contributed by atoms with van der Waals surface area (Å²) in [5.41, 5.74) is -0.652.